The number of hydrogen-bond acceptors (Lipinski definition) is 4. The van der Waals surface area contributed by atoms with Crippen LogP contribution in [0.4, 0.5) is 13.2 Å². The second-order valence-electron chi connectivity index (χ2n) is 6.14. The van der Waals surface area contributed by atoms with Crippen molar-refractivity contribution in [2.24, 2.45) is 0 Å². The lowest BCUT2D eigenvalue weighted by molar-refractivity contribution is -0.174. The van der Waals surface area contributed by atoms with Gasteiger partial charge in [-0.3, -0.25) is 9.59 Å². The fraction of sp³-hybridized carbons (Fsp3) is 0.316. The van der Waals surface area contributed by atoms with Gasteiger partial charge in [0, 0.05) is 6.92 Å². The maximum absolute atomic E-state index is 12.6. The maximum Gasteiger partial charge on any atom is 0.471 e. The number of Topliss-reactive ketones (excluding diaryl/α,β-unsaturated/α-hetero) is 1. The monoisotopic (exact) mass is 380 g/mol. The minimum Gasteiger partial charge on any atom is -0.482 e. The molecule has 1 N–H and O–H groups in total. The van der Waals surface area contributed by atoms with Crippen LogP contribution in [0, 0.1) is 6.92 Å². The average Bonchev–Trinajstić information content (AvgIpc) is 2.60. The van der Waals surface area contributed by atoms with E-state index >= 15 is 0 Å². The molecule has 0 saturated heterocycles. The lowest BCUT2D eigenvalue weighted by Gasteiger charge is -2.27. The molecular weight excluding hydrogens is 361 g/mol. The van der Waals surface area contributed by atoms with E-state index in [9.17, 15) is 22.8 Å². The number of ether oxygens (including phenoxy) is 1. The standard InChI is InChI=1S/C19H19F3N2O3/c1-11-4-6-14(7-5-11)17(12(2)24-18(26)19(20,21)22)27-15-8-9-16(13(3)25)23-10-15/h4-10,12,17H,1-3H3,(H,24,26)/t12?,17-/m0/s1. The van der Waals surface area contributed by atoms with Gasteiger partial charge in [0.2, 0.25) is 0 Å². The number of pyridine rings is 1. The summed E-state index contributed by atoms with van der Waals surface area (Å²) < 4.78 is 43.5. The molecule has 0 fully saturated rings. The molecule has 2 rings (SSSR count). The van der Waals surface area contributed by atoms with E-state index in [4.69, 9.17) is 4.74 Å². The summed E-state index contributed by atoms with van der Waals surface area (Å²) in [6, 6.07) is 9.00. The molecular formula is C19H19F3N2O3. The van der Waals surface area contributed by atoms with Crippen molar-refractivity contribution in [1.29, 1.82) is 0 Å². The second kappa shape index (κ2) is 8.20. The molecule has 0 aliphatic rings. The van der Waals surface area contributed by atoms with Crippen LogP contribution in [0.15, 0.2) is 42.6 Å². The number of aryl methyl sites for hydroxylation is 1. The van der Waals surface area contributed by atoms with Gasteiger partial charge in [0.1, 0.15) is 17.5 Å². The summed E-state index contributed by atoms with van der Waals surface area (Å²) in [5, 5.41) is 1.92. The number of nitrogens with zero attached hydrogens (tertiary/aromatic N) is 1. The Hall–Kier alpha value is -2.90. The summed E-state index contributed by atoms with van der Waals surface area (Å²) >= 11 is 0. The number of alkyl halides is 3. The van der Waals surface area contributed by atoms with Gasteiger partial charge in [-0.05, 0) is 31.5 Å². The molecule has 2 aromatic rings. The lowest BCUT2D eigenvalue weighted by Crippen LogP contribution is -2.45. The van der Waals surface area contributed by atoms with E-state index in [2.05, 4.69) is 4.98 Å². The number of halogens is 3. The Kier molecular flexibility index (Phi) is 6.20. The number of carbonyl (C=O) groups excluding carboxylic acids is 2. The molecule has 1 aromatic carbocycles. The number of amides is 1. The van der Waals surface area contributed by atoms with Crippen molar-refractivity contribution in [2.75, 3.05) is 0 Å². The first-order valence-corrected chi connectivity index (χ1v) is 8.16. The highest BCUT2D eigenvalue weighted by molar-refractivity contribution is 5.92. The predicted octanol–water partition coefficient (Wildman–Crippen LogP) is 3.78. The predicted molar refractivity (Wildman–Crippen MR) is 92.4 cm³/mol. The number of nitrogens with one attached hydrogen (secondary N) is 1. The minimum atomic E-state index is -4.99. The van der Waals surface area contributed by atoms with E-state index in [1.165, 1.54) is 32.2 Å². The van der Waals surface area contributed by atoms with Gasteiger partial charge in [-0.25, -0.2) is 4.98 Å². The molecule has 144 valence electrons. The Bertz CT molecular complexity index is 802. The highest BCUT2D eigenvalue weighted by Gasteiger charge is 2.40. The van der Waals surface area contributed by atoms with Crippen molar-refractivity contribution >= 4 is 11.7 Å². The van der Waals surface area contributed by atoms with Gasteiger partial charge in [0.15, 0.2) is 5.78 Å². The number of carbonyl (C=O) groups is 2. The van der Waals surface area contributed by atoms with E-state index in [0.717, 1.165) is 5.56 Å². The topological polar surface area (TPSA) is 68.3 Å². The van der Waals surface area contributed by atoms with Crippen LogP contribution in [0.5, 0.6) is 5.75 Å². The Morgan fingerprint density at radius 3 is 2.22 bits per heavy atom. The van der Waals surface area contributed by atoms with Crippen LogP contribution in [0.25, 0.3) is 0 Å². The first kappa shape index (κ1) is 20.4. The molecule has 1 aromatic heterocycles. The highest BCUT2D eigenvalue weighted by Crippen LogP contribution is 2.26. The zero-order valence-electron chi connectivity index (χ0n) is 15.0. The molecule has 8 heteroatoms. The van der Waals surface area contributed by atoms with E-state index in [-0.39, 0.29) is 17.2 Å². The van der Waals surface area contributed by atoms with Crippen molar-refractivity contribution in [1.82, 2.24) is 10.3 Å². The first-order chi connectivity index (χ1) is 12.6. The Labute approximate surface area is 154 Å². The van der Waals surface area contributed by atoms with Crippen molar-refractivity contribution in [3.05, 3.63) is 59.4 Å². The molecule has 2 atom stereocenters. The molecule has 1 unspecified atom stereocenters. The van der Waals surface area contributed by atoms with Crippen LogP contribution < -0.4 is 10.1 Å². The van der Waals surface area contributed by atoms with Crippen molar-refractivity contribution in [3.63, 3.8) is 0 Å². The third-order valence-corrected chi connectivity index (χ3v) is 3.84. The summed E-state index contributed by atoms with van der Waals surface area (Å²) in [7, 11) is 0. The normalized spacial score (nSPS) is 13.6. The third-order valence-electron chi connectivity index (χ3n) is 3.84. The molecule has 0 aliphatic carbocycles. The molecule has 0 bridgehead atoms. The Morgan fingerprint density at radius 1 is 1.11 bits per heavy atom. The average molecular weight is 380 g/mol. The number of hydrogen-bond donors (Lipinski definition) is 1. The van der Waals surface area contributed by atoms with Crippen LogP contribution in [-0.2, 0) is 4.79 Å². The quantitative estimate of drug-likeness (QED) is 0.775. The molecule has 0 spiro atoms. The van der Waals surface area contributed by atoms with Crippen LogP contribution in [-0.4, -0.2) is 28.9 Å². The lowest BCUT2D eigenvalue weighted by atomic mass is 10.0. The first-order valence-electron chi connectivity index (χ1n) is 8.16. The Morgan fingerprint density at radius 2 is 1.74 bits per heavy atom. The molecule has 27 heavy (non-hydrogen) atoms. The van der Waals surface area contributed by atoms with Gasteiger partial charge >= 0.3 is 12.1 Å². The SMILES string of the molecule is CC(=O)c1ccc(O[C@H](c2ccc(C)cc2)C(C)NC(=O)C(F)(F)F)cn1. The fourth-order valence-electron chi connectivity index (χ4n) is 2.38. The fourth-order valence-corrected chi connectivity index (χ4v) is 2.38. The van der Waals surface area contributed by atoms with Crippen molar-refractivity contribution in [3.8, 4) is 5.75 Å². The Balaban J connectivity index is 2.27. The van der Waals surface area contributed by atoms with E-state index < -0.39 is 24.2 Å². The minimum absolute atomic E-state index is 0.220. The highest BCUT2D eigenvalue weighted by atomic mass is 19.4. The molecule has 1 heterocycles. The summed E-state index contributed by atoms with van der Waals surface area (Å²) in [6.45, 7) is 4.66. The summed E-state index contributed by atoms with van der Waals surface area (Å²) in [4.78, 5) is 26.6. The third kappa shape index (κ3) is 5.54. The second-order valence-corrected chi connectivity index (χ2v) is 6.14. The van der Waals surface area contributed by atoms with Crippen LogP contribution in [0.2, 0.25) is 0 Å². The van der Waals surface area contributed by atoms with Gasteiger partial charge in [0.05, 0.1) is 12.2 Å². The molecule has 0 saturated carbocycles. The van der Waals surface area contributed by atoms with E-state index in [1.807, 2.05) is 12.2 Å². The maximum atomic E-state index is 12.6. The smallest absolute Gasteiger partial charge is 0.471 e. The van der Waals surface area contributed by atoms with Crippen molar-refractivity contribution < 1.29 is 27.5 Å². The molecule has 0 radical (unpaired) electrons. The largest absolute Gasteiger partial charge is 0.482 e. The molecule has 5 nitrogen and oxygen atoms in total. The van der Waals surface area contributed by atoms with Gasteiger partial charge in [-0.2, -0.15) is 13.2 Å². The van der Waals surface area contributed by atoms with Gasteiger partial charge in [0.25, 0.3) is 0 Å². The van der Waals surface area contributed by atoms with Crippen LogP contribution in [0.1, 0.15) is 41.6 Å². The van der Waals surface area contributed by atoms with Gasteiger partial charge < -0.3 is 10.1 Å². The number of aromatic nitrogens is 1. The number of ketones is 1. The summed E-state index contributed by atoms with van der Waals surface area (Å²) in [6.07, 6.45) is -4.56. The van der Waals surface area contributed by atoms with Gasteiger partial charge in [-0.15, -0.1) is 0 Å². The van der Waals surface area contributed by atoms with E-state index in [1.54, 1.807) is 24.3 Å². The zero-order chi connectivity index (χ0) is 20.2. The molecule has 0 aliphatic heterocycles. The zero-order valence-corrected chi connectivity index (χ0v) is 15.0. The van der Waals surface area contributed by atoms with Crippen LogP contribution in [0.3, 0.4) is 0 Å². The summed E-state index contributed by atoms with van der Waals surface area (Å²) in [5.41, 5.74) is 1.80. The van der Waals surface area contributed by atoms with Gasteiger partial charge in [-0.1, -0.05) is 29.8 Å². The number of rotatable bonds is 6. The summed E-state index contributed by atoms with van der Waals surface area (Å²) in [5.74, 6) is -2.00. The van der Waals surface area contributed by atoms with E-state index in [0.29, 0.717) is 5.56 Å². The van der Waals surface area contributed by atoms with Crippen molar-refractivity contribution in [2.45, 2.75) is 39.1 Å². The number of benzene rings is 1. The van der Waals surface area contributed by atoms with Crippen LogP contribution >= 0.6 is 0 Å². The molecule has 1 amide bonds.